The summed E-state index contributed by atoms with van der Waals surface area (Å²) in [6.07, 6.45) is 3.16. The van der Waals surface area contributed by atoms with Crippen LogP contribution in [0.3, 0.4) is 0 Å². The smallest absolute Gasteiger partial charge is 0.226 e. The normalized spacial score (nSPS) is 17.2. The molecule has 3 heterocycles. The number of nitrogens with zero attached hydrogens (tertiary/aromatic N) is 4. The third-order valence-electron chi connectivity index (χ3n) is 4.30. The Balaban J connectivity index is 1.32. The molecule has 1 saturated heterocycles. The standard InChI is InChI=1S/C18H20N4O3/c1-12-4-2-5-13(10-12)17-19-15(24-21-17)6-3-7-16-20-18(22-25-16)14-8-9-23-11-14/h2,4-5,10,14H,3,6-9,11H2,1H3/t14-/m0/s1. The average Bonchev–Trinajstić information content (AvgIpc) is 3.36. The van der Waals surface area contributed by atoms with Crippen molar-refractivity contribution in [3.05, 3.63) is 47.4 Å². The zero-order chi connectivity index (χ0) is 17.1. The van der Waals surface area contributed by atoms with Crippen molar-refractivity contribution in [2.24, 2.45) is 0 Å². The monoisotopic (exact) mass is 340 g/mol. The lowest BCUT2D eigenvalue weighted by atomic mass is 10.1. The van der Waals surface area contributed by atoms with Crippen LogP contribution in [-0.4, -0.2) is 33.5 Å². The molecule has 1 aliphatic rings. The number of hydrogen-bond acceptors (Lipinski definition) is 7. The van der Waals surface area contributed by atoms with E-state index in [0.717, 1.165) is 30.8 Å². The first kappa shape index (κ1) is 16.0. The predicted octanol–water partition coefficient (Wildman–Crippen LogP) is 3.11. The van der Waals surface area contributed by atoms with E-state index in [1.54, 1.807) is 0 Å². The van der Waals surface area contributed by atoms with E-state index in [-0.39, 0.29) is 5.92 Å². The fourth-order valence-electron chi connectivity index (χ4n) is 2.92. The van der Waals surface area contributed by atoms with Crippen molar-refractivity contribution in [3.63, 3.8) is 0 Å². The molecule has 0 saturated carbocycles. The first-order valence-corrected chi connectivity index (χ1v) is 8.58. The van der Waals surface area contributed by atoms with Gasteiger partial charge in [-0.15, -0.1) is 0 Å². The molecule has 1 fully saturated rings. The fourth-order valence-corrected chi connectivity index (χ4v) is 2.92. The fraction of sp³-hybridized carbons (Fsp3) is 0.444. The summed E-state index contributed by atoms with van der Waals surface area (Å²) in [6, 6.07) is 8.06. The molecule has 25 heavy (non-hydrogen) atoms. The van der Waals surface area contributed by atoms with Gasteiger partial charge in [0.1, 0.15) is 0 Å². The van der Waals surface area contributed by atoms with Gasteiger partial charge in [-0.25, -0.2) is 0 Å². The SMILES string of the molecule is Cc1cccc(-c2noc(CCCc3nc([C@H]4CCOC4)no3)n2)c1. The third kappa shape index (κ3) is 3.76. The van der Waals surface area contributed by atoms with Gasteiger partial charge >= 0.3 is 0 Å². The minimum absolute atomic E-state index is 0.269. The molecule has 1 aliphatic heterocycles. The van der Waals surface area contributed by atoms with Gasteiger partial charge in [0.05, 0.1) is 6.61 Å². The van der Waals surface area contributed by atoms with Crippen molar-refractivity contribution < 1.29 is 13.8 Å². The highest BCUT2D eigenvalue weighted by Gasteiger charge is 2.23. The Bertz CT molecular complexity index is 836. The minimum Gasteiger partial charge on any atom is -0.381 e. The van der Waals surface area contributed by atoms with E-state index in [4.69, 9.17) is 13.8 Å². The van der Waals surface area contributed by atoms with Crippen LogP contribution in [0.2, 0.25) is 0 Å². The third-order valence-corrected chi connectivity index (χ3v) is 4.30. The lowest BCUT2D eigenvalue weighted by molar-refractivity contribution is 0.192. The van der Waals surface area contributed by atoms with Gasteiger partial charge in [-0.2, -0.15) is 9.97 Å². The zero-order valence-electron chi connectivity index (χ0n) is 14.1. The van der Waals surface area contributed by atoms with Crippen LogP contribution in [0, 0.1) is 6.92 Å². The topological polar surface area (TPSA) is 87.1 Å². The minimum atomic E-state index is 0.269. The van der Waals surface area contributed by atoms with E-state index >= 15 is 0 Å². The van der Waals surface area contributed by atoms with Crippen molar-refractivity contribution >= 4 is 0 Å². The number of aromatic nitrogens is 4. The van der Waals surface area contributed by atoms with Crippen LogP contribution >= 0.6 is 0 Å². The van der Waals surface area contributed by atoms with Gasteiger partial charge in [0, 0.05) is 30.9 Å². The Morgan fingerprint density at radius 1 is 1.08 bits per heavy atom. The van der Waals surface area contributed by atoms with Gasteiger partial charge in [-0.05, 0) is 25.8 Å². The maximum Gasteiger partial charge on any atom is 0.226 e. The summed E-state index contributed by atoms with van der Waals surface area (Å²) in [5.74, 6) is 2.93. The van der Waals surface area contributed by atoms with E-state index in [9.17, 15) is 0 Å². The summed E-state index contributed by atoms with van der Waals surface area (Å²) in [7, 11) is 0. The number of ether oxygens (including phenoxy) is 1. The van der Waals surface area contributed by atoms with Gasteiger partial charge in [0.2, 0.25) is 17.6 Å². The Morgan fingerprint density at radius 3 is 2.72 bits per heavy atom. The Kier molecular flexibility index (Phi) is 4.56. The molecular weight excluding hydrogens is 320 g/mol. The first-order chi connectivity index (χ1) is 12.3. The van der Waals surface area contributed by atoms with Crippen molar-refractivity contribution in [3.8, 4) is 11.4 Å². The molecule has 0 spiro atoms. The lowest BCUT2D eigenvalue weighted by Gasteiger charge is -1.97. The quantitative estimate of drug-likeness (QED) is 0.681. The predicted molar refractivity (Wildman–Crippen MR) is 89.0 cm³/mol. The molecule has 0 unspecified atom stereocenters. The molecule has 130 valence electrons. The molecule has 0 N–H and O–H groups in total. The maximum absolute atomic E-state index is 5.36. The van der Waals surface area contributed by atoms with Crippen LogP contribution in [0.25, 0.3) is 11.4 Å². The van der Waals surface area contributed by atoms with Crippen molar-refractivity contribution in [2.45, 2.75) is 38.5 Å². The highest BCUT2D eigenvalue weighted by Crippen LogP contribution is 2.23. The second-order valence-electron chi connectivity index (χ2n) is 6.34. The number of aryl methyl sites for hydroxylation is 3. The van der Waals surface area contributed by atoms with Gasteiger partial charge in [0.25, 0.3) is 0 Å². The van der Waals surface area contributed by atoms with Gasteiger partial charge in [-0.1, -0.05) is 34.1 Å². The highest BCUT2D eigenvalue weighted by molar-refractivity contribution is 5.55. The number of benzene rings is 1. The van der Waals surface area contributed by atoms with Crippen molar-refractivity contribution in [1.29, 1.82) is 0 Å². The second kappa shape index (κ2) is 7.14. The highest BCUT2D eigenvalue weighted by atomic mass is 16.5. The molecule has 4 rings (SSSR count). The molecule has 1 aromatic carbocycles. The summed E-state index contributed by atoms with van der Waals surface area (Å²) in [5.41, 5.74) is 2.14. The van der Waals surface area contributed by atoms with Crippen molar-refractivity contribution in [1.82, 2.24) is 20.3 Å². The van der Waals surface area contributed by atoms with Crippen LogP contribution in [0.1, 0.15) is 41.9 Å². The molecule has 7 heteroatoms. The van der Waals surface area contributed by atoms with Gasteiger partial charge in [-0.3, -0.25) is 0 Å². The summed E-state index contributed by atoms with van der Waals surface area (Å²) in [6.45, 7) is 3.50. The number of rotatable bonds is 6. The molecule has 1 atom stereocenters. The summed E-state index contributed by atoms with van der Waals surface area (Å²) >= 11 is 0. The molecule has 0 bridgehead atoms. The Labute approximate surface area is 145 Å². The van der Waals surface area contributed by atoms with Gasteiger partial charge in [0.15, 0.2) is 5.82 Å². The molecule has 2 aromatic heterocycles. The summed E-state index contributed by atoms with van der Waals surface area (Å²) in [5, 5.41) is 8.12. The second-order valence-corrected chi connectivity index (χ2v) is 6.34. The number of hydrogen-bond donors (Lipinski definition) is 0. The summed E-state index contributed by atoms with van der Waals surface area (Å²) < 4.78 is 16.0. The van der Waals surface area contributed by atoms with Crippen LogP contribution < -0.4 is 0 Å². The van der Waals surface area contributed by atoms with E-state index in [2.05, 4.69) is 20.3 Å². The summed E-state index contributed by atoms with van der Waals surface area (Å²) in [4.78, 5) is 8.92. The Hall–Kier alpha value is -2.54. The molecule has 0 amide bonds. The molecule has 3 aromatic rings. The van der Waals surface area contributed by atoms with Gasteiger partial charge < -0.3 is 13.8 Å². The van der Waals surface area contributed by atoms with Crippen LogP contribution in [0.15, 0.2) is 33.3 Å². The van der Waals surface area contributed by atoms with E-state index in [0.29, 0.717) is 37.1 Å². The van der Waals surface area contributed by atoms with Crippen LogP contribution in [0.5, 0.6) is 0 Å². The van der Waals surface area contributed by atoms with E-state index in [1.807, 2.05) is 31.2 Å². The molecule has 7 nitrogen and oxygen atoms in total. The van der Waals surface area contributed by atoms with Crippen LogP contribution in [-0.2, 0) is 17.6 Å². The van der Waals surface area contributed by atoms with Crippen LogP contribution in [0.4, 0.5) is 0 Å². The zero-order valence-corrected chi connectivity index (χ0v) is 14.1. The molecule has 0 radical (unpaired) electrons. The average molecular weight is 340 g/mol. The van der Waals surface area contributed by atoms with E-state index in [1.165, 1.54) is 5.56 Å². The van der Waals surface area contributed by atoms with Crippen molar-refractivity contribution in [2.75, 3.05) is 13.2 Å². The lowest BCUT2D eigenvalue weighted by Crippen LogP contribution is -2.00. The Morgan fingerprint density at radius 2 is 1.92 bits per heavy atom. The maximum atomic E-state index is 5.36. The largest absolute Gasteiger partial charge is 0.381 e. The molecular formula is C18H20N4O3. The first-order valence-electron chi connectivity index (χ1n) is 8.58. The van der Waals surface area contributed by atoms with E-state index < -0.39 is 0 Å². The molecule has 0 aliphatic carbocycles.